The second-order valence-electron chi connectivity index (χ2n) is 9.19. The molecule has 0 spiro atoms. The van der Waals surface area contributed by atoms with Crippen molar-refractivity contribution in [2.24, 2.45) is 5.92 Å². The molecule has 1 aromatic heterocycles. The normalized spacial score (nSPS) is 13.6. The second kappa shape index (κ2) is 10.1. The Kier molecular flexibility index (Phi) is 6.98. The number of carbonyl (C=O) groups excluding carboxylic acids is 1. The van der Waals surface area contributed by atoms with Gasteiger partial charge >= 0.3 is 5.69 Å². The lowest BCUT2D eigenvalue weighted by molar-refractivity contribution is -0.120. The lowest BCUT2D eigenvalue weighted by atomic mass is 10.00. The van der Waals surface area contributed by atoms with Crippen LogP contribution in [-0.2, 0) is 24.3 Å². The third-order valence-electron chi connectivity index (χ3n) is 6.08. The molecule has 0 bridgehead atoms. The Labute approximate surface area is 198 Å². The van der Waals surface area contributed by atoms with E-state index in [0.717, 1.165) is 18.5 Å². The Hall–Kier alpha value is -3.65. The highest BCUT2D eigenvalue weighted by atomic mass is 16.2. The van der Waals surface area contributed by atoms with E-state index in [2.05, 4.69) is 22.0 Å². The third-order valence-corrected chi connectivity index (χ3v) is 6.08. The fourth-order valence-corrected chi connectivity index (χ4v) is 4.41. The van der Waals surface area contributed by atoms with Crippen molar-refractivity contribution < 1.29 is 4.79 Å². The van der Waals surface area contributed by atoms with E-state index in [1.165, 1.54) is 20.6 Å². The van der Waals surface area contributed by atoms with Crippen LogP contribution in [0.1, 0.15) is 30.5 Å². The summed E-state index contributed by atoms with van der Waals surface area (Å²) in [6, 6.07) is 17.6. The summed E-state index contributed by atoms with van der Waals surface area (Å²) in [4.78, 5) is 44.9. The number of aromatic nitrogens is 2. The van der Waals surface area contributed by atoms with Gasteiger partial charge in [0.1, 0.15) is 5.82 Å². The maximum atomic E-state index is 13.5. The summed E-state index contributed by atoms with van der Waals surface area (Å²) in [6.07, 6.45) is 0.873. The number of aromatic amines is 1. The molecule has 34 heavy (non-hydrogen) atoms. The van der Waals surface area contributed by atoms with Gasteiger partial charge in [-0.3, -0.25) is 24.0 Å². The average molecular weight is 462 g/mol. The topological polar surface area (TPSA) is 104 Å². The van der Waals surface area contributed by atoms with Gasteiger partial charge in [-0.15, -0.1) is 0 Å². The molecule has 3 N–H and O–H groups in total. The zero-order valence-electron chi connectivity index (χ0n) is 19.7. The molecule has 8 nitrogen and oxygen atoms in total. The number of hydrogen-bond donors (Lipinski definition) is 2. The zero-order chi connectivity index (χ0) is 24.2. The van der Waals surface area contributed by atoms with E-state index in [4.69, 9.17) is 5.73 Å². The largest absolute Gasteiger partial charge is 0.383 e. The molecule has 0 atom stereocenters. The van der Waals surface area contributed by atoms with E-state index in [0.29, 0.717) is 13.1 Å². The summed E-state index contributed by atoms with van der Waals surface area (Å²) in [5.41, 5.74) is 8.55. The van der Waals surface area contributed by atoms with E-state index in [9.17, 15) is 14.4 Å². The molecule has 3 aromatic rings. The monoisotopic (exact) mass is 461 g/mol. The summed E-state index contributed by atoms with van der Waals surface area (Å²) in [6.45, 7) is 6.07. The van der Waals surface area contributed by atoms with Crippen LogP contribution >= 0.6 is 0 Å². The van der Waals surface area contributed by atoms with Gasteiger partial charge in [0.2, 0.25) is 5.91 Å². The molecule has 0 fully saturated rings. The Morgan fingerprint density at radius 1 is 1.06 bits per heavy atom. The van der Waals surface area contributed by atoms with Gasteiger partial charge in [0.05, 0.1) is 13.1 Å². The molecule has 4 rings (SSSR count). The summed E-state index contributed by atoms with van der Waals surface area (Å²) in [7, 11) is 0. The van der Waals surface area contributed by atoms with E-state index in [-0.39, 0.29) is 36.4 Å². The number of H-pyrrole nitrogens is 1. The van der Waals surface area contributed by atoms with Crippen LogP contribution in [0.3, 0.4) is 0 Å². The van der Waals surface area contributed by atoms with Crippen molar-refractivity contribution in [1.82, 2.24) is 14.5 Å². The molecule has 0 aliphatic carbocycles. The number of nitrogens with two attached hydrogens (primary N) is 1. The Bertz CT molecular complexity index is 1280. The Morgan fingerprint density at radius 2 is 1.74 bits per heavy atom. The first-order chi connectivity index (χ1) is 16.3. The van der Waals surface area contributed by atoms with Crippen LogP contribution in [0.4, 0.5) is 11.5 Å². The number of fused-ring (bicyclic) bond motifs is 1. The third kappa shape index (κ3) is 5.12. The van der Waals surface area contributed by atoms with Gasteiger partial charge in [0.25, 0.3) is 5.56 Å². The summed E-state index contributed by atoms with van der Waals surface area (Å²) < 4.78 is 1.31. The SMILES string of the molecule is CC(C)CN(C(=O)CN1CCc2ccccc2C1)c1c(N)n(Cc2ccccc2)c(=O)[nH]c1=O. The van der Waals surface area contributed by atoms with Crippen LogP contribution < -0.4 is 21.9 Å². The number of benzene rings is 2. The minimum absolute atomic E-state index is 0.00408. The van der Waals surface area contributed by atoms with Gasteiger partial charge in [-0.2, -0.15) is 0 Å². The summed E-state index contributed by atoms with van der Waals surface area (Å²) >= 11 is 0. The molecule has 0 unspecified atom stereocenters. The van der Waals surface area contributed by atoms with Crippen molar-refractivity contribution in [3.63, 3.8) is 0 Å². The van der Waals surface area contributed by atoms with E-state index in [1.807, 2.05) is 56.3 Å². The number of amides is 1. The molecule has 1 amide bonds. The lowest BCUT2D eigenvalue weighted by Crippen LogP contribution is -2.47. The highest BCUT2D eigenvalue weighted by Gasteiger charge is 2.27. The zero-order valence-corrected chi connectivity index (χ0v) is 19.7. The van der Waals surface area contributed by atoms with Crippen molar-refractivity contribution in [3.8, 4) is 0 Å². The van der Waals surface area contributed by atoms with Crippen LogP contribution in [0.25, 0.3) is 0 Å². The number of nitrogen functional groups attached to an aromatic ring is 1. The highest BCUT2D eigenvalue weighted by Crippen LogP contribution is 2.22. The maximum Gasteiger partial charge on any atom is 0.330 e. The van der Waals surface area contributed by atoms with Crippen molar-refractivity contribution in [3.05, 3.63) is 92.1 Å². The number of nitrogens with zero attached hydrogens (tertiary/aromatic N) is 3. The number of anilines is 2. The predicted molar refractivity (Wildman–Crippen MR) is 134 cm³/mol. The minimum Gasteiger partial charge on any atom is -0.383 e. The van der Waals surface area contributed by atoms with Crippen molar-refractivity contribution in [2.75, 3.05) is 30.3 Å². The number of rotatable bonds is 7. The lowest BCUT2D eigenvalue weighted by Gasteiger charge is -2.31. The first kappa shape index (κ1) is 23.5. The van der Waals surface area contributed by atoms with Crippen molar-refractivity contribution in [2.45, 2.75) is 33.4 Å². The first-order valence-corrected chi connectivity index (χ1v) is 11.6. The predicted octanol–water partition coefficient (Wildman–Crippen LogP) is 2.21. The van der Waals surface area contributed by atoms with Gasteiger partial charge in [-0.25, -0.2) is 4.79 Å². The van der Waals surface area contributed by atoms with E-state index >= 15 is 0 Å². The average Bonchev–Trinajstić information content (AvgIpc) is 2.81. The number of carbonyl (C=O) groups is 1. The van der Waals surface area contributed by atoms with Crippen LogP contribution in [0, 0.1) is 5.92 Å². The minimum atomic E-state index is -0.648. The molecule has 8 heteroatoms. The Morgan fingerprint density at radius 3 is 2.44 bits per heavy atom. The van der Waals surface area contributed by atoms with Crippen molar-refractivity contribution in [1.29, 1.82) is 0 Å². The quantitative estimate of drug-likeness (QED) is 0.561. The number of hydrogen-bond acceptors (Lipinski definition) is 5. The molecular formula is C26H31N5O3. The van der Waals surface area contributed by atoms with E-state index in [1.54, 1.807) is 0 Å². The van der Waals surface area contributed by atoms with Crippen LogP contribution in [0.2, 0.25) is 0 Å². The van der Waals surface area contributed by atoms with Crippen LogP contribution in [-0.4, -0.2) is 40.0 Å². The standard InChI is InChI=1S/C26H31N5O3/c1-18(2)14-30(22(32)17-29-13-12-20-10-6-7-11-21(20)16-29)23-24(27)31(26(34)28-25(23)33)15-19-8-4-3-5-9-19/h3-11,18H,12-17,27H2,1-2H3,(H,28,33,34). The molecular weight excluding hydrogens is 430 g/mol. The molecule has 1 aliphatic rings. The molecule has 1 aliphatic heterocycles. The number of nitrogens with one attached hydrogen (secondary N) is 1. The summed E-state index contributed by atoms with van der Waals surface area (Å²) in [5, 5.41) is 0. The fraction of sp³-hybridized carbons (Fsp3) is 0.346. The highest BCUT2D eigenvalue weighted by molar-refractivity contribution is 5.96. The molecule has 0 saturated carbocycles. The Balaban J connectivity index is 1.64. The fourth-order valence-electron chi connectivity index (χ4n) is 4.41. The molecule has 0 saturated heterocycles. The van der Waals surface area contributed by atoms with Gasteiger partial charge < -0.3 is 10.6 Å². The smallest absolute Gasteiger partial charge is 0.330 e. The van der Waals surface area contributed by atoms with Crippen LogP contribution in [0.15, 0.2) is 64.2 Å². The van der Waals surface area contributed by atoms with Gasteiger partial charge in [0.15, 0.2) is 5.69 Å². The van der Waals surface area contributed by atoms with Gasteiger partial charge in [-0.1, -0.05) is 68.4 Å². The molecule has 0 radical (unpaired) electrons. The van der Waals surface area contributed by atoms with Gasteiger partial charge in [-0.05, 0) is 29.0 Å². The summed E-state index contributed by atoms with van der Waals surface area (Å²) in [5.74, 6) is -0.120. The van der Waals surface area contributed by atoms with Crippen LogP contribution in [0.5, 0.6) is 0 Å². The second-order valence-corrected chi connectivity index (χ2v) is 9.19. The maximum absolute atomic E-state index is 13.5. The molecule has 178 valence electrons. The molecule has 2 heterocycles. The first-order valence-electron chi connectivity index (χ1n) is 11.6. The van der Waals surface area contributed by atoms with Crippen molar-refractivity contribution >= 4 is 17.4 Å². The molecule has 2 aromatic carbocycles. The van der Waals surface area contributed by atoms with E-state index < -0.39 is 11.2 Å². The van der Waals surface area contributed by atoms with Gasteiger partial charge in [0, 0.05) is 19.6 Å².